The highest BCUT2D eigenvalue weighted by molar-refractivity contribution is 9.10. The fourth-order valence-corrected chi connectivity index (χ4v) is 3.55. The number of rotatable bonds is 3. The first-order valence-electron chi connectivity index (χ1n) is 5.42. The summed E-state index contributed by atoms with van der Waals surface area (Å²) in [5, 5.41) is 0.493. The zero-order valence-electron chi connectivity index (χ0n) is 10.2. The SMILES string of the molecule is Nc1cc(S(=O)(=O)Nc2cc(Cl)cc(Cl)c2)c(F)cc1Br. The summed E-state index contributed by atoms with van der Waals surface area (Å²) in [6.07, 6.45) is 0. The summed E-state index contributed by atoms with van der Waals surface area (Å²) in [6, 6.07) is 6.15. The second-order valence-corrected chi connectivity index (χ2v) is 7.45. The van der Waals surface area contributed by atoms with Crippen LogP contribution in [0.25, 0.3) is 0 Å². The van der Waals surface area contributed by atoms with Crippen molar-refractivity contribution in [2.75, 3.05) is 10.5 Å². The van der Waals surface area contributed by atoms with Crippen LogP contribution >= 0.6 is 39.1 Å². The Morgan fingerprint density at radius 3 is 2.24 bits per heavy atom. The molecule has 0 bridgehead atoms. The van der Waals surface area contributed by atoms with E-state index in [9.17, 15) is 12.8 Å². The first kappa shape index (κ1) is 16.4. The molecule has 0 aliphatic carbocycles. The van der Waals surface area contributed by atoms with Crippen LogP contribution in [0.3, 0.4) is 0 Å². The molecule has 0 saturated carbocycles. The molecule has 0 aliphatic heterocycles. The van der Waals surface area contributed by atoms with E-state index in [1.807, 2.05) is 0 Å². The Balaban J connectivity index is 2.45. The number of benzene rings is 2. The molecular weight excluding hydrogens is 406 g/mol. The third-order valence-electron chi connectivity index (χ3n) is 2.46. The molecule has 0 radical (unpaired) electrons. The predicted molar refractivity (Wildman–Crippen MR) is 85.8 cm³/mol. The van der Waals surface area contributed by atoms with Crippen molar-refractivity contribution >= 4 is 60.5 Å². The lowest BCUT2D eigenvalue weighted by Gasteiger charge is -2.11. The number of nitrogens with one attached hydrogen (secondary N) is 1. The molecule has 0 aromatic heterocycles. The quantitative estimate of drug-likeness (QED) is 0.737. The van der Waals surface area contributed by atoms with E-state index in [0.29, 0.717) is 0 Å². The van der Waals surface area contributed by atoms with Gasteiger partial charge in [-0.3, -0.25) is 4.72 Å². The van der Waals surface area contributed by atoms with Gasteiger partial charge in [0.15, 0.2) is 0 Å². The Kier molecular flexibility index (Phi) is 4.67. The minimum absolute atomic E-state index is 0.0981. The number of halogens is 4. The lowest BCUT2D eigenvalue weighted by atomic mass is 10.3. The first-order chi connectivity index (χ1) is 9.69. The van der Waals surface area contributed by atoms with Crippen LogP contribution in [0.15, 0.2) is 39.7 Å². The van der Waals surface area contributed by atoms with Crippen molar-refractivity contribution < 1.29 is 12.8 Å². The second kappa shape index (κ2) is 6.00. The van der Waals surface area contributed by atoms with Crippen molar-refractivity contribution in [3.63, 3.8) is 0 Å². The molecule has 0 fully saturated rings. The van der Waals surface area contributed by atoms with Gasteiger partial charge in [0.1, 0.15) is 10.7 Å². The number of anilines is 2. The van der Waals surface area contributed by atoms with Gasteiger partial charge in [-0.05, 0) is 46.3 Å². The fraction of sp³-hybridized carbons (Fsp3) is 0. The Morgan fingerprint density at radius 2 is 1.67 bits per heavy atom. The van der Waals surface area contributed by atoms with E-state index < -0.39 is 20.7 Å². The van der Waals surface area contributed by atoms with Crippen molar-refractivity contribution in [2.45, 2.75) is 4.90 Å². The number of nitrogens with two attached hydrogens (primary N) is 1. The van der Waals surface area contributed by atoms with Gasteiger partial charge in [-0.1, -0.05) is 23.2 Å². The molecule has 21 heavy (non-hydrogen) atoms. The van der Waals surface area contributed by atoms with Crippen LogP contribution in [0, 0.1) is 5.82 Å². The van der Waals surface area contributed by atoms with Gasteiger partial charge in [0.05, 0.1) is 5.69 Å². The molecule has 0 aliphatic rings. The Morgan fingerprint density at radius 1 is 1.10 bits per heavy atom. The minimum atomic E-state index is -4.16. The van der Waals surface area contributed by atoms with Gasteiger partial charge in [-0.2, -0.15) is 0 Å². The summed E-state index contributed by atoms with van der Waals surface area (Å²) in [6.45, 7) is 0. The molecule has 2 aromatic carbocycles. The zero-order valence-corrected chi connectivity index (χ0v) is 14.1. The summed E-state index contributed by atoms with van der Waals surface area (Å²) >= 11 is 14.6. The van der Waals surface area contributed by atoms with Gasteiger partial charge in [-0.25, -0.2) is 12.8 Å². The van der Waals surface area contributed by atoms with Gasteiger partial charge >= 0.3 is 0 Å². The van der Waals surface area contributed by atoms with Crippen molar-refractivity contribution in [3.05, 3.63) is 50.7 Å². The monoisotopic (exact) mass is 412 g/mol. The number of sulfonamides is 1. The summed E-state index contributed by atoms with van der Waals surface area (Å²) in [4.78, 5) is -0.570. The highest BCUT2D eigenvalue weighted by atomic mass is 79.9. The Hall–Kier alpha value is -1.02. The molecule has 112 valence electrons. The normalized spacial score (nSPS) is 11.4. The van der Waals surface area contributed by atoms with Crippen LogP contribution in [0.2, 0.25) is 10.0 Å². The average molecular weight is 414 g/mol. The van der Waals surface area contributed by atoms with Gasteiger partial charge in [0.25, 0.3) is 10.0 Å². The summed E-state index contributed by atoms with van der Waals surface area (Å²) < 4.78 is 40.7. The molecule has 0 atom stereocenters. The smallest absolute Gasteiger partial charge is 0.264 e. The van der Waals surface area contributed by atoms with Gasteiger partial charge in [0.2, 0.25) is 0 Å². The maximum absolute atomic E-state index is 13.8. The highest BCUT2D eigenvalue weighted by Crippen LogP contribution is 2.29. The largest absolute Gasteiger partial charge is 0.398 e. The lowest BCUT2D eigenvalue weighted by molar-refractivity contribution is 0.570. The summed E-state index contributed by atoms with van der Waals surface area (Å²) in [5.74, 6) is -0.934. The summed E-state index contributed by atoms with van der Waals surface area (Å²) in [7, 11) is -4.16. The number of hydrogen-bond acceptors (Lipinski definition) is 3. The fourth-order valence-electron chi connectivity index (χ4n) is 1.57. The van der Waals surface area contributed by atoms with Gasteiger partial charge < -0.3 is 5.73 Å². The molecule has 3 N–H and O–H groups in total. The van der Waals surface area contributed by atoms with Crippen LogP contribution in [0.1, 0.15) is 0 Å². The summed E-state index contributed by atoms with van der Waals surface area (Å²) in [5.41, 5.74) is 5.80. The van der Waals surface area contributed by atoms with Gasteiger partial charge in [0, 0.05) is 20.2 Å². The maximum Gasteiger partial charge on any atom is 0.264 e. The molecule has 0 spiro atoms. The van der Waals surface area contributed by atoms with E-state index in [4.69, 9.17) is 28.9 Å². The molecule has 0 saturated heterocycles. The predicted octanol–water partition coefficient (Wildman–Crippen LogP) is 4.28. The lowest BCUT2D eigenvalue weighted by Crippen LogP contribution is -2.15. The van der Waals surface area contributed by atoms with Crippen LogP contribution in [-0.2, 0) is 10.0 Å². The van der Waals surface area contributed by atoms with E-state index in [1.54, 1.807) is 0 Å². The molecule has 0 amide bonds. The molecule has 0 heterocycles. The number of nitrogen functional groups attached to an aromatic ring is 1. The third-order valence-corrected chi connectivity index (χ3v) is 4.98. The standard InChI is InChI=1S/C12H8BrCl2FN2O2S/c13-9-4-10(16)12(5-11(9)17)21(19,20)18-8-2-6(14)1-7(15)3-8/h1-5,18H,17H2. The van der Waals surface area contributed by atoms with Crippen LogP contribution < -0.4 is 10.5 Å². The van der Waals surface area contributed by atoms with Gasteiger partial charge in [-0.15, -0.1) is 0 Å². The third kappa shape index (κ3) is 3.79. The van der Waals surface area contributed by atoms with E-state index in [0.717, 1.165) is 12.1 Å². The first-order valence-corrected chi connectivity index (χ1v) is 8.46. The molecule has 2 aromatic rings. The highest BCUT2D eigenvalue weighted by Gasteiger charge is 2.21. The molecule has 4 nitrogen and oxygen atoms in total. The van der Waals surface area contributed by atoms with Crippen molar-refractivity contribution in [1.82, 2.24) is 0 Å². The molecular formula is C12H8BrCl2FN2O2S. The van der Waals surface area contributed by atoms with Crippen LogP contribution in [0.5, 0.6) is 0 Å². The minimum Gasteiger partial charge on any atom is -0.398 e. The van der Waals surface area contributed by atoms with E-state index in [2.05, 4.69) is 20.7 Å². The second-order valence-electron chi connectivity index (χ2n) is 4.07. The Labute approximate surface area is 139 Å². The molecule has 2 rings (SSSR count). The van der Waals surface area contributed by atoms with Crippen LogP contribution in [-0.4, -0.2) is 8.42 Å². The van der Waals surface area contributed by atoms with Crippen molar-refractivity contribution in [3.8, 4) is 0 Å². The average Bonchev–Trinajstić information content (AvgIpc) is 2.31. The topological polar surface area (TPSA) is 72.2 Å². The van der Waals surface area contributed by atoms with E-state index in [-0.39, 0.29) is 25.9 Å². The maximum atomic E-state index is 13.8. The molecule has 9 heteroatoms. The number of hydrogen-bond donors (Lipinski definition) is 2. The Bertz CT molecular complexity index is 795. The van der Waals surface area contributed by atoms with Crippen molar-refractivity contribution in [2.24, 2.45) is 0 Å². The van der Waals surface area contributed by atoms with E-state index >= 15 is 0 Å². The van der Waals surface area contributed by atoms with Crippen LogP contribution in [0.4, 0.5) is 15.8 Å². The zero-order chi connectivity index (χ0) is 15.8. The van der Waals surface area contributed by atoms with Crippen molar-refractivity contribution in [1.29, 1.82) is 0 Å². The van der Waals surface area contributed by atoms with E-state index in [1.165, 1.54) is 18.2 Å². The molecule has 0 unspecified atom stereocenters.